The molecule has 116 valence electrons. The molecule has 1 aliphatic heterocycles. The van der Waals surface area contributed by atoms with Crippen molar-refractivity contribution in [2.24, 2.45) is 0 Å². The van der Waals surface area contributed by atoms with Crippen LogP contribution in [0.25, 0.3) is 0 Å². The zero-order chi connectivity index (χ0) is 15.6. The van der Waals surface area contributed by atoms with Gasteiger partial charge in [0.1, 0.15) is 10.6 Å². The van der Waals surface area contributed by atoms with Gasteiger partial charge in [-0.15, -0.1) is 0 Å². The van der Waals surface area contributed by atoms with Crippen LogP contribution in [0.1, 0.15) is 20.8 Å². The van der Waals surface area contributed by atoms with Crippen LogP contribution in [-0.2, 0) is 4.74 Å². The third-order valence-electron chi connectivity index (χ3n) is 2.93. The summed E-state index contributed by atoms with van der Waals surface area (Å²) < 4.78 is 5.36. The van der Waals surface area contributed by atoms with Gasteiger partial charge in [-0.05, 0) is 32.4 Å². The van der Waals surface area contributed by atoms with Crippen molar-refractivity contribution in [3.63, 3.8) is 0 Å². The average Bonchev–Trinajstić information content (AvgIpc) is 2.40. The molecule has 1 amide bonds. The van der Waals surface area contributed by atoms with Crippen LogP contribution in [0, 0.1) is 0 Å². The zero-order valence-corrected chi connectivity index (χ0v) is 13.8. The summed E-state index contributed by atoms with van der Waals surface area (Å²) in [5.41, 5.74) is -0.488. The van der Waals surface area contributed by atoms with Crippen molar-refractivity contribution in [3.8, 4) is 0 Å². The van der Waals surface area contributed by atoms with E-state index in [1.165, 1.54) is 6.20 Å². The van der Waals surface area contributed by atoms with Crippen molar-refractivity contribution in [2.45, 2.75) is 26.4 Å². The van der Waals surface area contributed by atoms with E-state index in [4.69, 9.17) is 27.9 Å². The van der Waals surface area contributed by atoms with E-state index in [9.17, 15) is 4.79 Å². The molecule has 0 aromatic carbocycles. The fourth-order valence-electron chi connectivity index (χ4n) is 1.99. The van der Waals surface area contributed by atoms with Gasteiger partial charge in [0.15, 0.2) is 5.82 Å². The summed E-state index contributed by atoms with van der Waals surface area (Å²) in [6.45, 7) is 7.88. The fraction of sp³-hybridized carbons (Fsp3) is 0.615. The zero-order valence-electron chi connectivity index (χ0n) is 12.3. The number of carbonyl (C=O) groups is 1. The second kappa shape index (κ2) is 6.23. The number of anilines is 1. The molecule has 2 heterocycles. The number of ether oxygens (including phenoxy) is 1. The largest absolute Gasteiger partial charge is 0.444 e. The Morgan fingerprint density at radius 2 is 1.86 bits per heavy atom. The highest BCUT2D eigenvalue weighted by molar-refractivity contribution is 6.33. The van der Waals surface area contributed by atoms with Gasteiger partial charge < -0.3 is 14.5 Å². The number of carbonyl (C=O) groups excluding carboxylic acids is 1. The van der Waals surface area contributed by atoms with Crippen LogP contribution >= 0.6 is 23.2 Å². The van der Waals surface area contributed by atoms with Gasteiger partial charge in [-0.1, -0.05) is 11.6 Å². The lowest BCUT2D eigenvalue weighted by Gasteiger charge is -2.36. The van der Waals surface area contributed by atoms with Gasteiger partial charge in [0.05, 0.1) is 6.20 Å². The molecule has 1 aliphatic rings. The van der Waals surface area contributed by atoms with Crippen molar-refractivity contribution in [1.82, 2.24) is 14.9 Å². The quantitative estimate of drug-likeness (QED) is 0.740. The Hall–Kier alpha value is -1.27. The van der Waals surface area contributed by atoms with Crippen LogP contribution in [0.3, 0.4) is 0 Å². The van der Waals surface area contributed by atoms with E-state index in [2.05, 4.69) is 9.97 Å². The van der Waals surface area contributed by atoms with Gasteiger partial charge in [0.2, 0.25) is 5.28 Å². The first-order valence-corrected chi connectivity index (χ1v) is 7.43. The van der Waals surface area contributed by atoms with E-state index < -0.39 is 5.60 Å². The molecule has 0 atom stereocenters. The Bertz CT molecular complexity index is 525. The third-order valence-corrected chi connectivity index (χ3v) is 3.38. The Labute approximate surface area is 134 Å². The molecule has 6 nitrogen and oxygen atoms in total. The summed E-state index contributed by atoms with van der Waals surface area (Å²) in [4.78, 5) is 23.6. The van der Waals surface area contributed by atoms with Gasteiger partial charge in [-0.25, -0.2) is 9.78 Å². The molecule has 0 unspecified atom stereocenters. The maximum Gasteiger partial charge on any atom is 0.410 e. The maximum atomic E-state index is 12.0. The minimum absolute atomic E-state index is 0.156. The molecule has 1 aromatic rings. The SMILES string of the molecule is CC(C)(C)OC(=O)N1CCN(c2nc(Cl)ncc2Cl)CC1. The first-order valence-electron chi connectivity index (χ1n) is 6.67. The summed E-state index contributed by atoms with van der Waals surface area (Å²) in [5.74, 6) is 0.598. The van der Waals surface area contributed by atoms with Gasteiger partial charge in [0, 0.05) is 26.2 Å². The number of piperazine rings is 1. The van der Waals surface area contributed by atoms with Crippen LogP contribution in [-0.4, -0.2) is 52.7 Å². The van der Waals surface area contributed by atoms with Crippen molar-refractivity contribution in [3.05, 3.63) is 16.5 Å². The van der Waals surface area contributed by atoms with E-state index >= 15 is 0 Å². The van der Waals surface area contributed by atoms with E-state index in [0.717, 1.165) is 0 Å². The summed E-state index contributed by atoms with van der Waals surface area (Å²) in [5, 5.41) is 0.606. The first-order chi connectivity index (χ1) is 9.76. The lowest BCUT2D eigenvalue weighted by Crippen LogP contribution is -2.50. The highest BCUT2D eigenvalue weighted by Crippen LogP contribution is 2.25. The van der Waals surface area contributed by atoms with E-state index in [1.54, 1.807) is 4.90 Å². The second-order valence-corrected chi connectivity index (χ2v) is 6.51. The number of hydrogen-bond donors (Lipinski definition) is 0. The van der Waals surface area contributed by atoms with Crippen LogP contribution in [0.5, 0.6) is 0 Å². The van der Waals surface area contributed by atoms with E-state index in [-0.39, 0.29) is 11.4 Å². The Balaban J connectivity index is 1.97. The van der Waals surface area contributed by atoms with Gasteiger partial charge in [0.25, 0.3) is 0 Å². The molecule has 21 heavy (non-hydrogen) atoms. The molecule has 0 radical (unpaired) electrons. The number of hydrogen-bond acceptors (Lipinski definition) is 5. The van der Waals surface area contributed by atoms with Crippen LogP contribution in [0.15, 0.2) is 6.20 Å². The molecule has 8 heteroatoms. The highest BCUT2D eigenvalue weighted by atomic mass is 35.5. The minimum Gasteiger partial charge on any atom is -0.444 e. The number of amides is 1. The molecule has 1 fully saturated rings. The first kappa shape index (κ1) is 16.1. The van der Waals surface area contributed by atoms with Crippen LogP contribution in [0.4, 0.5) is 10.6 Å². The van der Waals surface area contributed by atoms with Crippen molar-refractivity contribution in [1.29, 1.82) is 0 Å². The molecule has 0 saturated carbocycles. The lowest BCUT2D eigenvalue weighted by atomic mass is 10.2. The van der Waals surface area contributed by atoms with Gasteiger partial charge >= 0.3 is 6.09 Å². The monoisotopic (exact) mass is 332 g/mol. The summed E-state index contributed by atoms with van der Waals surface area (Å²) in [7, 11) is 0. The molecule has 0 N–H and O–H groups in total. The second-order valence-electron chi connectivity index (χ2n) is 5.77. The normalized spacial score (nSPS) is 16.0. The molecule has 0 bridgehead atoms. The molecular formula is C13H18Cl2N4O2. The highest BCUT2D eigenvalue weighted by Gasteiger charge is 2.27. The fourth-order valence-corrected chi connectivity index (χ4v) is 2.33. The van der Waals surface area contributed by atoms with Crippen molar-refractivity contribution in [2.75, 3.05) is 31.1 Å². The smallest absolute Gasteiger partial charge is 0.410 e. The molecule has 0 spiro atoms. The maximum absolute atomic E-state index is 12.0. The topological polar surface area (TPSA) is 58.6 Å². The standard InChI is InChI=1S/C13H18Cl2N4O2/c1-13(2,3)21-12(20)19-6-4-18(5-7-19)10-9(14)8-16-11(15)17-10/h8H,4-7H2,1-3H3. The van der Waals surface area contributed by atoms with Crippen molar-refractivity contribution >= 4 is 35.1 Å². The predicted molar refractivity (Wildman–Crippen MR) is 82.1 cm³/mol. The number of rotatable bonds is 1. The number of halogens is 2. The third kappa shape index (κ3) is 4.35. The molecule has 1 aromatic heterocycles. The lowest BCUT2D eigenvalue weighted by molar-refractivity contribution is 0.0240. The van der Waals surface area contributed by atoms with Crippen LogP contribution in [0.2, 0.25) is 10.3 Å². The Kier molecular flexibility index (Phi) is 4.78. The Morgan fingerprint density at radius 1 is 1.24 bits per heavy atom. The van der Waals surface area contributed by atoms with E-state index in [0.29, 0.717) is 37.0 Å². The summed E-state index contributed by atoms with van der Waals surface area (Å²) in [6, 6.07) is 0. The summed E-state index contributed by atoms with van der Waals surface area (Å²) >= 11 is 11.9. The van der Waals surface area contributed by atoms with E-state index in [1.807, 2.05) is 25.7 Å². The number of aromatic nitrogens is 2. The number of nitrogens with zero attached hydrogens (tertiary/aromatic N) is 4. The average molecular weight is 333 g/mol. The van der Waals surface area contributed by atoms with Gasteiger partial charge in [-0.3, -0.25) is 0 Å². The molecular weight excluding hydrogens is 315 g/mol. The molecule has 1 saturated heterocycles. The van der Waals surface area contributed by atoms with Gasteiger partial charge in [-0.2, -0.15) is 4.98 Å². The van der Waals surface area contributed by atoms with Crippen LogP contribution < -0.4 is 4.90 Å². The minimum atomic E-state index is -0.488. The predicted octanol–water partition coefficient (Wildman–Crippen LogP) is 2.84. The molecule has 2 rings (SSSR count). The summed E-state index contributed by atoms with van der Waals surface area (Å²) in [6.07, 6.45) is 1.18. The molecule has 0 aliphatic carbocycles. The Morgan fingerprint density at radius 3 is 2.43 bits per heavy atom. The van der Waals surface area contributed by atoms with Crippen molar-refractivity contribution < 1.29 is 9.53 Å².